The van der Waals surface area contributed by atoms with Crippen molar-refractivity contribution in [2.45, 2.75) is 5.16 Å². The summed E-state index contributed by atoms with van der Waals surface area (Å²) in [6, 6.07) is 14.9. The van der Waals surface area contributed by atoms with Crippen molar-refractivity contribution in [2.24, 2.45) is 5.10 Å². The highest BCUT2D eigenvalue weighted by atomic mass is 32.2. The molecule has 0 saturated carbocycles. The summed E-state index contributed by atoms with van der Waals surface area (Å²) in [6.45, 7) is 0. The number of para-hydroxylation sites is 1. The first-order valence-corrected chi connectivity index (χ1v) is 8.42. The van der Waals surface area contributed by atoms with E-state index >= 15 is 0 Å². The Morgan fingerprint density at radius 3 is 2.62 bits per heavy atom. The third kappa shape index (κ3) is 3.11. The molecule has 0 bridgehead atoms. The molecule has 0 unspecified atom stereocenters. The fourth-order valence-corrected chi connectivity index (χ4v) is 2.62. The van der Waals surface area contributed by atoms with Gasteiger partial charge in [-0.2, -0.15) is 9.78 Å². The molecule has 2 aromatic carbocycles. The van der Waals surface area contributed by atoms with E-state index in [1.807, 2.05) is 36.6 Å². The predicted octanol–water partition coefficient (Wildman–Crippen LogP) is 3.26. The minimum Gasteiger partial charge on any atom is -0.504 e. The maximum absolute atomic E-state index is 10.2. The van der Waals surface area contributed by atoms with E-state index in [1.165, 1.54) is 18.9 Å². The number of phenols is 1. The first kappa shape index (κ1) is 16.1. The maximum Gasteiger partial charge on any atom is 0.212 e. The monoisotopic (exact) mass is 340 g/mol. The van der Waals surface area contributed by atoms with Crippen molar-refractivity contribution in [3.63, 3.8) is 0 Å². The van der Waals surface area contributed by atoms with Gasteiger partial charge in [-0.05, 0) is 18.4 Å². The van der Waals surface area contributed by atoms with Crippen LogP contribution in [0.15, 0.2) is 58.8 Å². The number of thioether (sulfide) groups is 1. The van der Waals surface area contributed by atoms with E-state index in [2.05, 4.69) is 15.3 Å². The van der Waals surface area contributed by atoms with Gasteiger partial charge < -0.3 is 9.84 Å². The standard InChI is InChI=1S/C17H16N4O2S/c1-23-14-10-6-9-13(15(14)22)11-18-21-16(19-20-17(21)24-2)12-7-4-3-5-8-12/h3-11,22H,1-2H3/b18-11+. The molecule has 3 aromatic rings. The minimum atomic E-state index is 0.0452. The second-order valence-corrected chi connectivity index (χ2v) is 5.60. The van der Waals surface area contributed by atoms with Crippen LogP contribution in [0.1, 0.15) is 5.56 Å². The van der Waals surface area contributed by atoms with E-state index in [9.17, 15) is 5.11 Å². The number of nitrogens with zero attached hydrogens (tertiary/aromatic N) is 4. The van der Waals surface area contributed by atoms with Gasteiger partial charge in [0.1, 0.15) is 0 Å². The summed E-state index contributed by atoms with van der Waals surface area (Å²) < 4.78 is 6.77. The Bertz CT molecular complexity index is 862. The molecule has 122 valence electrons. The van der Waals surface area contributed by atoms with Crippen LogP contribution in [-0.4, -0.2) is 39.6 Å². The van der Waals surface area contributed by atoms with Crippen molar-refractivity contribution in [3.8, 4) is 22.9 Å². The zero-order chi connectivity index (χ0) is 16.9. The molecule has 0 fully saturated rings. The molecular formula is C17H16N4O2S. The van der Waals surface area contributed by atoms with Gasteiger partial charge >= 0.3 is 0 Å². The molecule has 0 radical (unpaired) electrons. The topological polar surface area (TPSA) is 72.5 Å². The predicted molar refractivity (Wildman–Crippen MR) is 94.9 cm³/mol. The van der Waals surface area contributed by atoms with E-state index in [-0.39, 0.29) is 5.75 Å². The van der Waals surface area contributed by atoms with E-state index in [0.29, 0.717) is 22.3 Å². The van der Waals surface area contributed by atoms with Crippen LogP contribution < -0.4 is 4.74 Å². The zero-order valence-corrected chi connectivity index (χ0v) is 14.1. The van der Waals surface area contributed by atoms with Crippen LogP contribution in [0.25, 0.3) is 11.4 Å². The van der Waals surface area contributed by atoms with Crippen molar-refractivity contribution in [2.75, 3.05) is 13.4 Å². The SMILES string of the molecule is COc1cccc(/C=N/n2c(SC)nnc2-c2ccccc2)c1O. The lowest BCUT2D eigenvalue weighted by Gasteiger charge is -2.06. The molecule has 3 rings (SSSR count). The average Bonchev–Trinajstić information content (AvgIpc) is 3.04. The molecule has 0 atom stereocenters. The second kappa shape index (κ2) is 7.18. The van der Waals surface area contributed by atoms with Crippen molar-refractivity contribution in [1.82, 2.24) is 14.9 Å². The molecule has 0 aliphatic carbocycles. The molecule has 1 aromatic heterocycles. The number of benzene rings is 2. The second-order valence-electron chi connectivity index (χ2n) is 4.83. The number of phenolic OH excluding ortho intramolecular Hbond substituents is 1. The van der Waals surface area contributed by atoms with Gasteiger partial charge in [0.05, 0.1) is 13.3 Å². The third-order valence-corrected chi connectivity index (χ3v) is 4.01. The Hall–Kier alpha value is -2.80. The Balaban J connectivity index is 2.02. The number of hydrogen-bond acceptors (Lipinski definition) is 6. The van der Waals surface area contributed by atoms with Gasteiger partial charge in [-0.1, -0.05) is 48.2 Å². The van der Waals surface area contributed by atoms with Crippen molar-refractivity contribution >= 4 is 18.0 Å². The Morgan fingerprint density at radius 2 is 1.92 bits per heavy atom. The van der Waals surface area contributed by atoms with E-state index < -0.39 is 0 Å². The van der Waals surface area contributed by atoms with Gasteiger partial charge in [0.25, 0.3) is 0 Å². The molecule has 0 aliphatic heterocycles. The number of aromatic hydroxyl groups is 1. The Labute approximate surface area is 143 Å². The molecule has 1 N–H and O–H groups in total. The lowest BCUT2D eigenvalue weighted by atomic mass is 10.2. The lowest BCUT2D eigenvalue weighted by molar-refractivity contribution is 0.373. The maximum atomic E-state index is 10.2. The average molecular weight is 340 g/mol. The van der Waals surface area contributed by atoms with E-state index in [4.69, 9.17) is 4.74 Å². The minimum absolute atomic E-state index is 0.0452. The van der Waals surface area contributed by atoms with Gasteiger partial charge in [-0.15, -0.1) is 10.2 Å². The molecule has 0 spiro atoms. The smallest absolute Gasteiger partial charge is 0.212 e. The van der Waals surface area contributed by atoms with Gasteiger partial charge in [0.15, 0.2) is 17.3 Å². The highest BCUT2D eigenvalue weighted by molar-refractivity contribution is 7.98. The van der Waals surface area contributed by atoms with Gasteiger partial charge in [-0.3, -0.25) is 0 Å². The fraction of sp³-hybridized carbons (Fsp3) is 0.118. The summed E-state index contributed by atoms with van der Waals surface area (Å²) in [5.74, 6) is 1.08. The molecule has 7 heteroatoms. The summed E-state index contributed by atoms with van der Waals surface area (Å²) >= 11 is 1.45. The van der Waals surface area contributed by atoms with Crippen LogP contribution >= 0.6 is 11.8 Å². The van der Waals surface area contributed by atoms with E-state index in [1.54, 1.807) is 29.1 Å². The molecule has 24 heavy (non-hydrogen) atoms. The molecular weight excluding hydrogens is 324 g/mol. The van der Waals surface area contributed by atoms with Crippen LogP contribution in [0.3, 0.4) is 0 Å². The fourth-order valence-electron chi connectivity index (χ4n) is 2.19. The largest absolute Gasteiger partial charge is 0.504 e. The lowest BCUT2D eigenvalue weighted by Crippen LogP contribution is -1.97. The first-order valence-electron chi connectivity index (χ1n) is 7.19. The summed E-state index contributed by atoms with van der Waals surface area (Å²) in [7, 11) is 1.51. The number of aromatic nitrogens is 3. The molecule has 0 amide bonds. The van der Waals surface area contributed by atoms with Crippen LogP contribution in [0.4, 0.5) is 0 Å². The van der Waals surface area contributed by atoms with Crippen molar-refractivity contribution < 1.29 is 9.84 Å². The highest BCUT2D eigenvalue weighted by Crippen LogP contribution is 2.28. The summed E-state index contributed by atoms with van der Waals surface area (Å²) in [5.41, 5.74) is 1.46. The molecule has 6 nitrogen and oxygen atoms in total. The van der Waals surface area contributed by atoms with Crippen LogP contribution in [0, 0.1) is 0 Å². The van der Waals surface area contributed by atoms with Crippen LogP contribution in [-0.2, 0) is 0 Å². The quantitative estimate of drug-likeness (QED) is 0.570. The van der Waals surface area contributed by atoms with Crippen LogP contribution in [0.5, 0.6) is 11.5 Å². The summed E-state index contributed by atoms with van der Waals surface area (Å²) in [6.07, 6.45) is 3.47. The van der Waals surface area contributed by atoms with Crippen LogP contribution in [0.2, 0.25) is 0 Å². The Morgan fingerprint density at radius 1 is 1.12 bits per heavy atom. The molecule has 0 saturated heterocycles. The summed E-state index contributed by atoms with van der Waals surface area (Å²) in [4.78, 5) is 0. The number of hydrogen-bond donors (Lipinski definition) is 1. The van der Waals surface area contributed by atoms with Gasteiger partial charge in [-0.25, -0.2) is 0 Å². The van der Waals surface area contributed by atoms with Gasteiger partial charge in [0, 0.05) is 11.1 Å². The van der Waals surface area contributed by atoms with Crippen molar-refractivity contribution in [1.29, 1.82) is 0 Å². The molecule has 0 aliphatic rings. The third-order valence-electron chi connectivity index (χ3n) is 3.39. The number of ether oxygens (including phenoxy) is 1. The normalized spacial score (nSPS) is 11.1. The van der Waals surface area contributed by atoms with Gasteiger partial charge in [0.2, 0.25) is 5.16 Å². The zero-order valence-electron chi connectivity index (χ0n) is 13.2. The number of methoxy groups -OCH3 is 1. The van der Waals surface area contributed by atoms with Crippen molar-refractivity contribution in [3.05, 3.63) is 54.1 Å². The Kier molecular flexibility index (Phi) is 4.81. The summed E-state index contributed by atoms with van der Waals surface area (Å²) in [5, 5.41) is 23.6. The molecule has 1 heterocycles. The first-order chi connectivity index (χ1) is 11.7. The number of rotatable bonds is 5. The van der Waals surface area contributed by atoms with E-state index in [0.717, 1.165) is 5.56 Å². The highest BCUT2D eigenvalue weighted by Gasteiger charge is 2.13.